The van der Waals surface area contributed by atoms with Gasteiger partial charge in [0, 0.05) is 22.1 Å². The van der Waals surface area contributed by atoms with Crippen molar-refractivity contribution in [2.24, 2.45) is 0 Å². The third kappa shape index (κ3) is 3.76. The molecule has 3 rings (SSSR count). The Morgan fingerprint density at radius 2 is 2.04 bits per heavy atom. The second-order valence-electron chi connectivity index (χ2n) is 5.61. The van der Waals surface area contributed by atoms with Gasteiger partial charge in [-0.25, -0.2) is 0 Å². The Bertz CT molecular complexity index is 805. The number of benzene rings is 2. The average molecular weight is 389 g/mol. The summed E-state index contributed by atoms with van der Waals surface area (Å²) in [6.45, 7) is 2.48. The van der Waals surface area contributed by atoms with E-state index in [1.165, 1.54) is 0 Å². The minimum Gasteiger partial charge on any atom is -0.493 e. The summed E-state index contributed by atoms with van der Waals surface area (Å²) in [5.41, 5.74) is 3.24. The maximum absolute atomic E-state index is 12.2. The van der Waals surface area contributed by atoms with Crippen LogP contribution in [-0.4, -0.2) is 25.0 Å². The van der Waals surface area contributed by atoms with E-state index in [2.05, 4.69) is 26.6 Å². The fourth-order valence-corrected chi connectivity index (χ4v) is 3.03. The molecule has 0 atom stereocenters. The highest BCUT2D eigenvalue weighted by Gasteiger charge is 2.15. The topological polar surface area (TPSA) is 67.4 Å². The van der Waals surface area contributed by atoms with Gasteiger partial charge in [0.05, 0.1) is 13.2 Å². The van der Waals surface area contributed by atoms with Crippen LogP contribution in [0.5, 0.6) is 5.75 Å². The number of rotatable bonds is 4. The SMILES string of the molecule is Cc1cc(Br)ccc1NC(=O)CNC(=O)c1ccc2c(c1)CCO2. The molecule has 5 nitrogen and oxygen atoms in total. The van der Waals surface area contributed by atoms with Crippen molar-refractivity contribution in [2.45, 2.75) is 13.3 Å². The quantitative estimate of drug-likeness (QED) is 0.845. The Morgan fingerprint density at radius 3 is 2.83 bits per heavy atom. The Morgan fingerprint density at radius 1 is 1.21 bits per heavy atom. The first kappa shape index (κ1) is 16.5. The van der Waals surface area contributed by atoms with E-state index >= 15 is 0 Å². The third-order valence-corrected chi connectivity index (χ3v) is 4.32. The van der Waals surface area contributed by atoms with Gasteiger partial charge in [-0.1, -0.05) is 15.9 Å². The number of nitrogens with one attached hydrogen (secondary N) is 2. The standard InChI is InChI=1S/C18H17BrN2O3/c1-11-8-14(19)3-4-15(11)21-17(22)10-20-18(23)13-2-5-16-12(9-13)6-7-24-16/h2-5,8-9H,6-7,10H2,1H3,(H,20,23)(H,21,22). The van der Waals surface area contributed by atoms with Gasteiger partial charge in [0.1, 0.15) is 5.75 Å². The van der Waals surface area contributed by atoms with Crippen LogP contribution in [0, 0.1) is 6.92 Å². The molecule has 2 N–H and O–H groups in total. The summed E-state index contributed by atoms with van der Waals surface area (Å²) >= 11 is 3.38. The molecule has 2 amide bonds. The molecular formula is C18H17BrN2O3. The predicted octanol–water partition coefficient (Wildman–Crippen LogP) is 3.06. The van der Waals surface area contributed by atoms with E-state index < -0.39 is 0 Å². The summed E-state index contributed by atoms with van der Waals surface area (Å²) in [6, 6.07) is 10.9. The molecule has 2 aromatic carbocycles. The zero-order valence-corrected chi connectivity index (χ0v) is 14.8. The summed E-state index contributed by atoms with van der Waals surface area (Å²) in [7, 11) is 0. The van der Waals surface area contributed by atoms with Crippen LogP contribution in [0.25, 0.3) is 0 Å². The van der Waals surface area contributed by atoms with E-state index in [-0.39, 0.29) is 18.4 Å². The van der Waals surface area contributed by atoms with Crippen molar-refractivity contribution in [2.75, 3.05) is 18.5 Å². The van der Waals surface area contributed by atoms with Gasteiger partial charge in [-0.15, -0.1) is 0 Å². The molecule has 0 saturated carbocycles. The first-order valence-electron chi connectivity index (χ1n) is 7.63. The molecule has 1 heterocycles. The second-order valence-corrected chi connectivity index (χ2v) is 6.53. The Labute approximate surface area is 148 Å². The fraction of sp³-hybridized carbons (Fsp3) is 0.222. The number of ether oxygens (including phenoxy) is 1. The summed E-state index contributed by atoms with van der Waals surface area (Å²) in [5.74, 6) is 0.292. The van der Waals surface area contributed by atoms with Crippen molar-refractivity contribution in [1.82, 2.24) is 5.32 Å². The molecule has 0 aromatic heterocycles. The number of aryl methyl sites for hydroxylation is 1. The first-order valence-corrected chi connectivity index (χ1v) is 8.42. The number of carbonyl (C=O) groups is 2. The van der Waals surface area contributed by atoms with Crippen LogP contribution in [0.3, 0.4) is 0 Å². The lowest BCUT2D eigenvalue weighted by Crippen LogP contribution is -2.33. The first-order chi connectivity index (χ1) is 11.5. The van der Waals surface area contributed by atoms with Gasteiger partial charge in [-0.3, -0.25) is 9.59 Å². The van der Waals surface area contributed by atoms with Gasteiger partial charge in [0.2, 0.25) is 5.91 Å². The van der Waals surface area contributed by atoms with Crippen molar-refractivity contribution >= 4 is 33.4 Å². The lowest BCUT2D eigenvalue weighted by molar-refractivity contribution is -0.115. The van der Waals surface area contributed by atoms with E-state index in [1.54, 1.807) is 12.1 Å². The second kappa shape index (κ2) is 7.05. The van der Waals surface area contributed by atoms with E-state index in [0.717, 1.165) is 33.5 Å². The maximum atomic E-state index is 12.2. The number of anilines is 1. The van der Waals surface area contributed by atoms with E-state index in [9.17, 15) is 9.59 Å². The van der Waals surface area contributed by atoms with Crippen molar-refractivity contribution in [3.05, 3.63) is 57.6 Å². The molecule has 6 heteroatoms. The summed E-state index contributed by atoms with van der Waals surface area (Å²) in [4.78, 5) is 24.2. The zero-order chi connectivity index (χ0) is 17.1. The van der Waals surface area contributed by atoms with Crippen LogP contribution >= 0.6 is 15.9 Å². The smallest absolute Gasteiger partial charge is 0.251 e. The van der Waals surface area contributed by atoms with Crippen LogP contribution in [-0.2, 0) is 11.2 Å². The highest BCUT2D eigenvalue weighted by atomic mass is 79.9. The molecule has 124 valence electrons. The molecule has 0 unspecified atom stereocenters. The molecule has 24 heavy (non-hydrogen) atoms. The summed E-state index contributed by atoms with van der Waals surface area (Å²) in [6.07, 6.45) is 0.805. The van der Waals surface area contributed by atoms with Crippen LogP contribution in [0.1, 0.15) is 21.5 Å². The van der Waals surface area contributed by atoms with Crippen LogP contribution in [0.2, 0.25) is 0 Å². The zero-order valence-electron chi connectivity index (χ0n) is 13.2. The molecule has 2 aromatic rings. The highest BCUT2D eigenvalue weighted by Crippen LogP contribution is 2.25. The number of halogens is 1. The molecule has 0 bridgehead atoms. The average Bonchev–Trinajstić information content (AvgIpc) is 3.03. The maximum Gasteiger partial charge on any atom is 0.251 e. The van der Waals surface area contributed by atoms with Crippen molar-refractivity contribution in [3.63, 3.8) is 0 Å². The normalized spacial score (nSPS) is 12.2. The van der Waals surface area contributed by atoms with Gasteiger partial charge < -0.3 is 15.4 Å². The van der Waals surface area contributed by atoms with E-state index in [4.69, 9.17) is 4.74 Å². The number of carbonyl (C=O) groups excluding carboxylic acids is 2. The molecule has 1 aliphatic rings. The van der Waals surface area contributed by atoms with Crippen molar-refractivity contribution in [3.8, 4) is 5.75 Å². The monoisotopic (exact) mass is 388 g/mol. The Kier molecular flexibility index (Phi) is 4.85. The number of hydrogen-bond donors (Lipinski definition) is 2. The molecule has 0 fully saturated rings. The Hall–Kier alpha value is -2.34. The van der Waals surface area contributed by atoms with Crippen LogP contribution in [0.15, 0.2) is 40.9 Å². The lowest BCUT2D eigenvalue weighted by Gasteiger charge is -2.10. The molecule has 0 spiro atoms. The van der Waals surface area contributed by atoms with Crippen LogP contribution < -0.4 is 15.4 Å². The molecular weight excluding hydrogens is 372 g/mol. The van der Waals surface area contributed by atoms with Crippen molar-refractivity contribution in [1.29, 1.82) is 0 Å². The molecule has 1 aliphatic heterocycles. The predicted molar refractivity (Wildman–Crippen MR) is 95.5 cm³/mol. The molecule has 0 saturated heterocycles. The van der Waals surface area contributed by atoms with Gasteiger partial charge >= 0.3 is 0 Å². The van der Waals surface area contributed by atoms with Gasteiger partial charge in [0.25, 0.3) is 5.91 Å². The van der Waals surface area contributed by atoms with E-state index in [1.807, 2.05) is 31.2 Å². The Balaban J connectivity index is 1.57. The summed E-state index contributed by atoms with van der Waals surface area (Å²) in [5, 5.41) is 5.43. The number of fused-ring (bicyclic) bond motifs is 1. The van der Waals surface area contributed by atoms with Crippen molar-refractivity contribution < 1.29 is 14.3 Å². The lowest BCUT2D eigenvalue weighted by atomic mass is 10.1. The van der Waals surface area contributed by atoms with Crippen LogP contribution in [0.4, 0.5) is 5.69 Å². The fourth-order valence-electron chi connectivity index (χ4n) is 2.55. The third-order valence-electron chi connectivity index (χ3n) is 3.82. The largest absolute Gasteiger partial charge is 0.493 e. The number of hydrogen-bond acceptors (Lipinski definition) is 3. The number of amides is 2. The minimum absolute atomic E-state index is 0.0814. The van der Waals surface area contributed by atoms with E-state index in [0.29, 0.717) is 12.2 Å². The highest BCUT2D eigenvalue weighted by molar-refractivity contribution is 9.10. The molecule has 0 radical (unpaired) electrons. The molecule has 0 aliphatic carbocycles. The summed E-state index contributed by atoms with van der Waals surface area (Å²) < 4.78 is 6.37. The van der Waals surface area contributed by atoms with Gasteiger partial charge in [0.15, 0.2) is 0 Å². The van der Waals surface area contributed by atoms with Gasteiger partial charge in [-0.05, 0) is 54.4 Å². The van der Waals surface area contributed by atoms with Gasteiger partial charge in [-0.2, -0.15) is 0 Å². The minimum atomic E-state index is -0.271.